The molecule has 0 saturated carbocycles. The van der Waals surface area contributed by atoms with Crippen molar-refractivity contribution < 1.29 is 0 Å². The molecular weight excluding hydrogens is 366 g/mol. The highest BCUT2D eigenvalue weighted by atomic mass is 32.1. The molecule has 2 aromatic carbocycles. The Morgan fingerprint density at radius 1 is 1.00 bits per heavy atom. The van der Waals surface area contributed by atoms with E-state index >= 15 is 0 Å². The standard InChI is InChI=1S/C22H25N5S/c1-18-6-5-9-20(16-18)26-14-12-25(13-15-26)17-27-22(28)23-21(24-27)11-10-19-7-3-2-4-8-19/h2-11,16H,12-15,17H2,1H3,(H,23,24,28)/b11-10+. The van der Waals surface area contributed by atoms with E-state index in [0.717, 1.165) is 44.2 Å². The van der Waals surface area contributed by atoms with Crippen LogP contribution in [0, 0.1) is 11.7 Å². The summed E-state index contributed by atoms with van der Waals surface area (Å²) in [6, 6.07) is 18.9. The summed E-state index contributed by atoms with van der Waals surface area (Å²) >= 11 is 5.44. The van der Waals surface area contributed by atoms with Crippen LogP contribution in [0.3, 0.4) is 0 Å². The molecule has 1 aliphatic rings. The summed E-state index contributed by atoms with van der Waals surface area (Å²) in [6.07, 6.45) is 4.01. The minimum absolute atomic E-state index is 0.592. The Bertz CT molecular complexity index is 997. The van der Waals surface area contributed by atoms with E-state index in [1.165, 1.54) is 11.3 Å². The van der Waals surface area contributed by atoms with Crippen LogP contribution in [-0.2, 0) is 6.67 Å². The highest BCUT2D eigenvalue weighted by Gasteiger charge is 2.18. The van der Waals surface area contributed by atoms with Crippen molar-refractivity contribution >= 4 is 30.1 Å². The first-order chi connectivity index (χ1) is 13.7. The molecule has 4 rings (SSSR count). The van der Waals surface area contributed by atoms with E-state index in [-0.39, 0.29) is 0 Å². The van der Waals surface area contributed by atoms with E-state index in [1.54, 1.807) is 0 Å². The second kappa shape index (κ2) is 8.54. The van der Waals surface area contributed by atoms with Crippen LogP contribution in [-0.4, -0.2) is 45.8 Å². The van der Waals surface area contributed by atoms with Crippen LogP contribution in [0.15, 0.2) is 54.6 Å². The summed E-state index contributed by atoms with van der Waals surface area (Å²) in [4.78, 5) is 9.32. The number of aromatic nitrogens is 3. The fourth-order valence-electron chi connectivity index (χ4n) is 3.46. The molecule has 1 fully saturated rings. The van der Waals surface area contributed by atoms with Crippen LogP contribution in [0.1, 0.15) is 17.0 Å². The molecule has 0 spiro atoms. The Morgan fingerprint density at radius 3 is 2.54 bits per heavy atom. The van der Waals surface area contributed by atoms with Gasteiger partial charge in [-0.05, 0) is 48.5 Å². The summed E-state index contributed by atoms with van der Waals surface area (Å²) in [5, 5.41) is 3.31. The fourth-order valence-corrected chi connectivity index (χ4v) is 3.66. The summed E-state index contributed by atoms with van der Waals surface area (Å²) < 4.78 is 2.54. The number of rotatable bonds is 5. The van der Waals surface area contributed by atoms with Gasteiger partial charge in [-0.1, -0.05) is 48.5 Å². The number of nitrogens with zero attached hydrogens (tertiary/aromatic N) is 4. The van der Waals surface area contributed by atoms with E-state index in [4.69, 9.17) is 12.2 Å². The van der Waals surface area contributed by atoms with Gasteiger partial charge in [-0.2, -0.15) is 4.98 Å². The molecular formula is C22H25N5S. The zero-order chi connectivity index (χ0) is 19.3. The van der Waals surface area contributed by atoms with Gasteiger partial charge < -0.3 is 4.90 Å². The fraction of sp³-hybridized carbons (Fsp3) is 0.273. The van der Waals surface area contributed by atoms with Crippen molar-refractivity contribution in [3.63, 3.8) is 0 Å². The molecule has 2 heterocycles. The Kier molecular flexibility index (Phi) is 5.69. The SMILES string of the molecule is Cc1cccc(N2CCN(Cn3[nH]c(/C=C/c4ccccc4)nc3=S)CC2)c1. The number of hydrogen-bond acceptors (Lipinski definition) is 4. The summed E-state index contributed by atoms with van der Waals surface area (Å²) in [6.45, 7) is 6.93. The maximum atomic E-state index is 5.44. The molecule has 0 unspecified atom stereocenters. The number of anilines is 1. The van der Waals surface area contributed by atoms with Gasteiger partial charge in [0.2, 0.25) is 4.77 Å². The number of aromatic amines is 1. The molecule has 28 heavy (non-hydrogen) atoms. The first-order valence-electron chi connectivity index (χ1n) is 9.61. The third-order valence-electron chi connectivity index (χ3n) is 5.01. The van der Waals surface area contributed by atoms with E-state index in [9.17, 15) is 0 Å². The summed E-state index contributed by atoms with van der Waals surface area (Å²) in [5.41, 5.74) is 3.76. The van der Waals surface area contributed by atoms with Gasteiger partial charge in [0.1, 0.15) is 5.82 Å². The number of piperazine rings is 1. The molecule has 0 amide bonds. The lowest BCUT2D eigenvalue weighted by Gasteiger charge is -2.36. The minimum Gasteiger partial charge on any atom is -0.369 e. The van der Waals surface area contributed by atoms with Crippen molar-refractivity contribution in [3.05, 3.63) is 76.3 Å². The van der Waals surface area contributed by atoms with Gasteiger partial charge >= 0.3 is 0 Å². The van der Waals surface area contributed by atoms with E-state index in [1.807, 2.05) is 35.0 Å². The van der Waals surface area contributed by atoms with E-state index < -0.39 is 0 Å². The van der Waals surface area contributed by atoms with Crippen LogP contribution in [0.4, 0.5) is 5.69 Å². The third kappa shape index (κ3) is 4.58. The van der Waals surface area contributed by atoms with Crippen molar-refractivity contribution in [1.29, 1.82) is 0 Å². The van der Waals surface area contributed by atoms with Gasteiger partial charge in [-0.15, -0.1) is 0 Å². The maximum absolute atomic E-state index is 5.44. The lowest BCUT2D eigenvalue weighted by molar-refractivity contribution is 0.194. The quantitative estimate of drug-likeness (QED) is 0.662. The maximum Gasteiger partial charge on any atom is 0.217 e. The Hall–Kier alpha value is -2.70. The van der Waals surface area contributed by atoms with Crippen LogP contribution in [0.2, 0.25) is 0 Å². The molecule has 1 saturated heterocycles. The van der Waals surface area contributed by atoms with Crippen molar-refractivity contribution in [1.82, 2.24) is 19.7 Å². The molecule has 1 aliphatic heterocycles. The van der Waals surface area contributed by atoms with Gasteiger partial charge in [0.25, 0.3) is 0 Å². The second-order valence-corrected chi connectivity index (χ2v) is 7.51. The highest BCUT2D eigenvalue weighted by molar-refractivity contribution is 7.71. The Labute approximate surface area is 170 Å². The highest BCUT2D eigenvalue weighted by Crippen LogP contribution is 2.18. The molecule has 1 N–H and O–H groups in total. The third-order valence-corrected chi connectivity index (χ3v) is 5.32. The van der Waals surface area contributed by atoms with Gasteiger partial charge in [0.05, 0.1) is 6.67 Å². The van der Waals surface area contributed by atoms with E-state index in [0.29, 0.717) is 4.77 Å². The number of aryl methyl sites for hydroxylation is 1. The molecule has 144 valence electrons. The number of benzene rings is 2. The first kappa shape index (κ1) is 18.7. The average Bonchev–Trinajstić information content (AvgIpc) is 3.07. The average molecular weight is 392 g/mol. The number of H-pyrrole nitrogens is 1. The van der Waals surface area contributed by atoms with Gasteiger partial charge in [-0.25, -0.2) is 4.68 Å². The summed E-state index contributed by atoms with van der Waals surface area (Å²) in [7, 11) is 0. The first-order valence-corrected chi connectivity index (χ1v) is 10.0. The number of hydrogen-bond donors (Lipinski definition) is 1. The van der Waals surface area contributed by atoms with Crippen LogP contribution in [0.5, 0.6) is 0 Å². The number of nitrogens with one attached hydrogen (secondary N) is 1. The zero-order valence-electron chi connectivity index (χ0n) is 16.1. The minimum atomic E-state index is 0.592. The lowest BCUT2D eigenvalue weighted by atomic mass is 10.2. The molecule has 0 aliphatic carbocycles. The normalized spacial score (nSPS) is 15.4. The van der Waals surface area contributed by atoms with Crippen molar-refractivity contribution in [2.45, 2.75) is 13.6 Å². The predicted octanol–water partition coefficient (Wildman–Crippen LogP) is 4.20. The monoisotopic (exact) mass is 391 g/mol. The van der Waals surface area contributed by atoms with Crippen molar-refractivity contribution in [2.75, 3.05) is 31.1 Å². The zero-order valence-corrected chi connectivity index (χ0v) is 16.9. The van der Waals surface area contributed by atoms with Gasteiger partial charge in [-0.3, -0.25) is 10.00 Å². The Balaban J connectivity index is 1.36. The molecule has 0 bridgehead atoms. The molecule has 0 radical (unpaired) electrons. The largest absolute Gasteiger partial charge is 0.369 e. The molecule has 5 nitrogen and oxygen atoms in total. The summed E-state index contributed by atoms with van der Waals surface area (Å²) in [5.74, 6) is 0.784. The predicted molar refractivity (Wildman–Crippen MR) is 118 cm³/mol. The van der Waals surface area contributed by atoms with E-state index in [2.05, 4.69) is 63.2 Å². The molecule has 3 aromatic rings. The Morgan fingerprint density at radius 2 is 1.79 bits per heavy atom. The van der Waals surface area contributed by atoms with Crippen LogP contribution < -0.4 is 4.90 Å². The van der Waals surface area contributed by atoms with Crippen LogP contribution in [0.25, 0.3) is 12.2 Å². The second-order valence-electron chi connectivity index (χ2n) is 7.15. The van der Waals surface area contributed by atoms with Gasteiger partial charge in [0.15, 0.2) is 0 Å². The molecule has 1 aromatic heterocycles. The molecule has 6 heteroatoms. The van der Waals surface area contributed by atoms with Gasteiger partial charge in [0, 0.05) is 31.9 Å². The van der Waals surface area contributed by atoms with Crippen LogP contribution >= 0.6 is 12.2 Å². The van der Waals surface area contributed by atoms with Crippen molar-refractivity contribution in [3.8, 4) is 0 Å². The smallest absolute Gasteiger partial charge is 0.217 e. The van der Waals surface area contributed by atoms with Crippen molar-refractivity contribution in [2.24, 2.45) is 0 Å². The lowest BCUT2D eigenvalue weighted by Crippen LogP contribution is -2.47. The molecule has 0 atom stereocenters. The topological polar surface area (TPSA) is 40.1 Å².